The molecule has 0 amide bonds. The number of nitro benzene ring substituents is 2. The molecule has 0 saturated carbocycles. The van der Waals surface area contributed by atoms with E-state index in [-0.39, 0.29) is 22.0 Å². The second kappa shape index (κ2) is 4.49. The molecule has 100 valence electrons. The first kappa shape index (κ1) is 12.4. The molecule has 0 N–H and O–H groups in total. The second-order valence-corrected chi connectivity index (χ2v) is 4.98. The van der Waals surface area contributed by atoms with E-state index in [9.17, 15) is 20.2 Å². The van der Waals surface area contributed by atoms with Crippen LogP contribution in [0.2, 0.25) is 0 Å². The molecule has 1 aliphatic rings. The topological polar surface area (TPSA) is 95.5 Å². The number of nitrogens with zero attached hydrogens (tertiary/aromatic N) is 2. The quantitative estimate of drug-likeness (QED) is 0.526. The minimum Gasteiger partial charge on any atom is -0.447 e. The van der Waals surface area contributed by atoms with Gasteiger partial charge in [-0.2, -0.15) is 0 Å². The van der Waals surface area contributed by atoms with Gasteiger partial charge in [0.15, 0.2) is 0 Å². The van der Waals surface area contributed by atoms with Crippen LogP contribution in [0.25, 0.3) is 0 Å². The fourth-order valence-electron chi connectivity index (χ4n) is 1.87. The van der Waals surface area contributed by atoms with Gasteiger partial charge in [0.05, 0.1) is 14.7 Å². The van der Waals surface area contributed by atoms with Crippen LogP contribution in [-0.2, 0) is 0 Å². The average Bonchev–Trinajstić information content (AvgIpc) is 2.43. The molecule has 0 aliphatic carbocycles. The number of rotatable bonds is 2. The van der Waals surface area contributed by atoms with Crippen molar-refractivity contribution in [1.82, 2.24) is 0 Å². The Hall–Kier alpha value is -2.61. The molecular formula is C12H6N2O5S. The minimum absolute atomic E-state index is 0.0760. The van der Waals surface area contributed by atoms with Gasteiger partial charge in [-0.1, -0.05) is 23.9 Å². The number of fused-ring (bicyclic) bond motifs is 2. The Kier molecular flexibility index (Phi) is 2.79. The number of ether oxygens (including phenoxy) is 1. The molecule has 0 atom stereocenters. The molecule has 8 heteroatoms. The van der Waals surface area contributed by atoms with Gasteiger partial charge in [0.2, 0.25) is 5.75 Å². The second-order valence-electron chi connectivity index (χ2n) is 3.93. The molecular weight excluding hydrogens is 284 g/mol. The Balaban J connectivity index is 2.23. The van der Waals surface area contributed by atoms with Crippen LogP contribution in [0.1, 0.15) is 0 Å². The van der Waals surface area contributed by atoms with Crippen molar-refractivity contribution >= 4 is 23.1 Å². The molecule has 0 unspecified atom stereocenters. The van der Waals surface area contributed by atoms with E-state index < -0.39 is 9.85 Å². The first-order valence-corrected chi connectivity index (χ1v) is 6.30. The lowest BCUT2D eigenvalue weighted by atomic mass is 10.2. The SMILES string of the molecule is O=[N+]([O-])c1ccc([N+](=O)[O-])c2c1Oc1ccccc1S2. The predicted octanol–water partition coefficient (Wildman–Crippen LogP) is 3.76. The molecule has 0 saturated heterocycles. The molecule has 0 fully saturated rings. The minimum atomic E-state index is -0.614. The number of nitro groups is 2. The molecule has 2 aromatic rings. The largest absolute Gasteiger partial charge is 0.447 e. The molecule has 0 aromatic heterocycles. The van der Waals surface area contributed by atoms with Gasteiger partial charge in [-0.05, 0) is 12.1 Å². The molecule has 7 nitrogen and oxygen atoms in total. The van der Waals surface area contributed by atoms with Gasteiger partial charge in [-0.25, -0.2) is 0 Å². The summed E-state index contributed by atoms with van der Waals surface area (Å²) in [4.78, 5) is 21.7. The van der Waals surface area contributed by atoms with Gasteiger partial charge in [0.1, 0.15) is 10.6 Å². The molecule has 2 aromatic carbocycles. The zero-order valence-corrected chi connectivity index (χ0v) is 10.6. The van der Waals surface area contributed by atoms with Crippen molar-refractivity contribution in [1.29, 1.82) is 0 Å². The highest BCUT2D eigenvalue weighted by atomic mass is 32.2. The Morgan fingerprint density at radius 1 is 0.950 bits per heavy atom. The summed E-state index contributed by atoms with van der Waals surface area (Å²) in [7, 11) is 0. The van der Waals surface area contributed by atoms with Crippen LogP contribution in [-0.4, -0.2) is 9.85 Å². The fourth-order valence-corrected chi connectivity index (χ4v) is 2.93. The van der Waals surface area contributed by atoms with Crippen LogP contribution in [0.15, 0.2) is 46.2 Å². The lowest BCUT2D eigenvalue weighted by Crippen LogP contribution is -2.02. The van der Waals surface area contributed by atoms with Gasteiger partial charge in [-0.15, -0.1) is 0 Å². The van der Waals surface area contributed by atoms with Gasteiger partial charge < -0.3 is 4.74 Å². The van der Waals surface area contributed by atoms with E-state index in [0.29, 0.717) is 10.6 Å². The summed E-state index contributed by atoms with van der Waals surface area (Å²) in [5.74, 6) is 0.376. The van der Waals surface area contributed by atoms with Crippen molar-refractivity contribution in [3.8, 4) is 11.5 Å². The van der Waals surface area contributed by atoms with E-state index in [1.54, 1.807) is 24.3 Å². The van der Waals surface area contributed by atoms with Crippen LogP contribution in [0.3, 0.4) is 0 Å². The molecule has 1 aliphatic heterocycles. The molecule has 3 rings (SSSR count). The third kappa shape index (κ3) is 1.86. The highest BCUT2D eigenvalue weighted by Gasteiger charge is 2.33. The maximum absolute atomic E-state index is 11.0. The summed E-state index contributed by atoms with van der Waals surface area (Å²) < 4.78 is 5.49. The highest BCUT2D eigenvalue weighted by Crippen LogP contribution is 2.53. The monoisotopic (exact) mass is 290 g/mol. The number of hydrogen-bond donors (Lipinski definition) is 0. The van der Waals surface area contributed by atoms with Gasteiger partial charge in [-0.3, -0.25) is 20.2 Å². The maximum atomic E-state index is 11.0. The molecule has 1 heterocycles. The lowest BCUT2D eigenvalue weighted by Gasteiger charge is -2.18. The summed E-state index contributed by atoms with van der Waals surface area (Å²) >= 11 is 1.10. The van der Waals surface area contributed by atoms with Gasteiger partial charge in [0, 0.05) is 12.1 Å². The molecule has 0 radical (unpaired) electrons. The van der Waals surface area contributed by atoms with E-state index in [1.165, 1.54) is 0 Å². The number of benzene rings is 2. The summed E-state index contributed by atoms with van der Waals surface area (Å²) in [6.07, 6.45) is 0. The highest BCUT2D eigenvalue weighted by molar-refractivity contribution is 7.99. The predicted molar refractivity (Wildman–Crippen MR) is 70.4 cm³/mol. The Morgan fingerprint density at radius 3 is 2.30 bits per heavy atom. The normalized spacial score (nSPS) is 12.0. The van der Waals surface area contributed by atoms with Crippen molar-refractivity contribution in [3.63, 3.8) is 0 Å². The van der Waals surface area contributed by atoms with Crippen LogP contribution < -0.4 is 4.74 Å². The van der Waals surface area contributed by atoms with Crippen molar-refractivity contribution in [2.45, 2.75) is 9.79 Å². The smallest absolute Gasteiger partial charge is 0.313 e. The van der Waals surface area contributed by atoms with Gasteiger partial charge >= 0.3 is 5.69 Å². The molecule has 0 spiro atoms. The van der Waals surface area contributed by atoms with Crippen molar-refractivity contribution in [2.24, 2.45) is 0 Å². The third-order valence-corrected chi connectivity index (χ3v) is 3.89. The standard InChI is InChI=1S/C12H6N2O5S/c15-13(16)7-5-6-8(14(17)18)12-11(7)19-9-3-1-2-4-10(9)20-12/h1-6H. The van der Waals surface area contributed by atoms with Crippen molar-refractivity contribution in [2.75, 3.05) is 0 Å². The summed E-state index contributed by atoms with van der Waals surface area (Å²) in [5.41, 5.74) is -0.488. The van der Waals surface area contributed by atoms with Crippen LogP contribution in [0.5, 0.6) is 11.5 Å². The van der Waals surface area contributed by atoms with E-state index >= 15 is 0 Å². The summed E-state index contributed by atoms with van der Waals surface area (Å²) in [5, 5.41) is 22.0. The van der Waals surface area contributed by atoms with Crippen LogP contribution in [0, 0.1) is 20.2 Å². The van der Waals surface area contributed by atoms with Crippen molar-refractivity contribution < 1.29 is 14.6 Å². The van der Waals surface area contributed by atoms with E-state index in [1.807, 2.05) is 0 Å². The fraction of sp³-hybridized carbons (Fsp3) is 0. The number of para-hydroxylation sites is 1. The van der Waals surface area contributed by atoms with E-state index in [2.05, 4.69) is 0 Å². The number of hydrogen-bond acceptors (Lipinski definition) is 6. The van der Waals surface area contributed by atoms with E-state index in [4.69, 9.17) is 4.74 Å². The summed E-state index contributed by atoms with van der Waals surface area (Å²) in [6.45, 7) is 0. The van der Waals surface area contributed by atoms with Gasteiger partial charge in [0.25, 0.3) is 5.69 Å². The lowest BCUT2D eigenvalue weighted by molar-refractivity contribution is -0.392. The summed E-state index contributed by atoms with van der Waals surface area (Å²) in [6, 6.07) is 9.11. The van der Waals surface area contributed by atoms with Crippen LogP contribution in [0.4, 0.5) is 11.4 Å². The first-order valence-electron chi connectivity index (χ1n) is 5.48. The average molecular weight is 290 g/mol. The third-order valence-electron chi connectivity index (χ3n) is 2.74. The zero-order chi connectivity index (χ0) is 14.3. The Labute approximate surface area is 116 Å². The Morgan fingerprint density at radius 2 is 1.60 bits per heavy atom. The van der Waals surface area contributed by atoms with Crippen molar-refractivity contribution in [3.05, 3.63) is 56.6 Å². The van der Waals surface area contributed by atoms with Crippen LogP contribution >= 0.6 is 11.8 Å². The zero-order valence-electron chi connectivity index (χ0n) is 9.81. The first-order chi connectivity index (χ1) is 9.58. The molecule has 20 heavy (non-hydrogen) atoms. The Bertz CT molecular complexity index is 685. The molecule has 0 bridgehead atoms. The maximum Gasteiger partial charge on any atom is 0.313 e. The van der Waals surface area contributed by atoms with E-state index in [0.717, 1.165) is 23.9 Å².